The molecule has 4 nitrogen and oxygen atoms in total. The Morgan fingerprint density at radius 2 is 1.75 bits per heavy atom. The van der Waals surface area contributed by atoms with Crippen molar-refractivity contribution in [3.63, 3.8) is 0 Å². The molecule has 5 rings (SSSR count). The van der Waals surface area contributed by atoms with Crippen molar-refractivity contribution in [2.75, 3.05) is 26.7 Å². The first kappa shape index (κ1) is 21.0. The second-order valence-corrected chi connectivity index (χ2v) is 8.93. The van der Waals surface area contributed by atoms with Gasteiger partial charge in [-0.3, -0.25) is 4.98 Å². The molecule has 0 N–H and O–H groups in total. The van der Waals surface area contributed by atoms with Crippen LogP contribution in [0.15, 0.2) is 67.1 Å². The van der Waals surface area contributed by atoms with E-state index in [1.54, 1.807) is 7.11 Å². The monoisotopic (exact) mass is 445 g/mol. The lowest BCUT2D eigenvalue weighted by molar-refractivity contribution is 0.222. The van der Waals surface area contributed by atoms with Gasteiger partial charge in [0.2, 0.25) is 0 Å². The number of likely N-dealkylation sites (tertiary alicyclic amines) is 1. The van der Waals surface area contributed by atoms with Crippen LogP contribution in [0.25, 0.3) is 33.2 Å². The van der Waals surface area contributed by atoms with E-state index >= 15 is 0 Å². The van der Waals surface area contributed by atoms with E-state index in [0.29, 0.717) is 0 Å². The van der Waals surface area contributed by atoms with Crippen molar-refractivity contribution in [1.29, 1.82) is 0 Å². The number of fused-ring (bicyclic) bond motifs is 1. The predicted molar refractivity (Wildman–Crippen MR) is 132 cm³/mol. The summed E-state index contributed by atoms with van der Waals surface area (Å²) in [6, 6.07) is 16.5. The van der Waals surface area contributed by atoms with Crippen LogP contribution in [-0.2, 0) is 6.54 Å². The Hall–Kier alpha value is -2.82. The molecule has 0 saturated carbocycles. The number of benzene rings is 2. The maximum absolute atomic E-state index is 6.38. The molecule has 0 atom stereocenters. The number of halogens is 1. The number of aromatic nitrogens is 2. The molecule has 2 aromatic carbocycles. The van der Waals surface area contributed by atoms with E-state index in [-0.39, 0.29) is 0 Å². The standard InChI is InChI=1S/C27H28ClN3O/c1-32-24-7-5-6-20(15-24)21-14-22(18-29-17-21)26-19-31(13-12-30-10-3-2-4-11-30)27-16-23(28)8-9-25(26)27/h5-9,14-19H,2-4,10-13H2,1H3. The van der Waals surface area contributed by atoms with Gasteiger partial charge in [-0.2, -0.15) is 0 Å². The van der Waals surface area contributed by atoms with E-state index in [1.807, 2.05) is 36.7 Å². The summed E-state index contributed by atoms with van der Waals surface area (Å²) in [5, 5.41) is 1.97. The van der Waals surface area contributed by atoms with Gasteiger partial charge < -0.3 is 14.2 Å². The van der Waals surface area contributed by atoms with Gasteiger partial charge >= 0.3 is 0 Å². The summed E-state index contributed by atoms with van der Waals surface area (Å²) >= 11 is 6.38. The molecule has 1 aliphatic heterocycles. The van der Waals surface area contributed by atoms with Gasteiger partial charge in [0, 0.05) is 58.8 Å². The minimum absolute atomic E-state index is 0.768. The quantitative estimate of drug-likeness (QED) is 0.338. The smallest absolute Gasteiger partial charge is 0.119 e. The normalized spacial score (nSPS) is 14.7. The van der Waals surface area contributed by atoms with Gasteiger partial charge in [0.15, 0.2) is 0 Å². The molecular formula is C27H28ClN3O. The van der Waals surface area contributed by atoms with Crippen molar-refractivity contribution in [2.45, 2.75) is 25.8 Å². The fraction of sp³-hybridized carbons (Fsp3) is 0.296. The first-order valence-electron chi connectivity index (χ1n) is 11.3. The zero-order valence-corrected chi connectivity index (χ0v) is 19.2. The molecule has 1 saturated heterocycles. The number of nitrogens with zero attached hydrogens (tertiary/aromatic N) is 3. The van der Waals surface area contributed by atoms with Gasteiger partial charge in [-0.15, -0.1) is 0 Å². The van der Waals surface area contributed by atoms with Crippen LogP contribution in [0.5, 0.6) is 5.75 Å². The lowest BCUT2D eigenvalue weighted by Gasteiger charge is -2.26. The topological polar surface area (TPSA) is 30.3 Å². The van der Waals surface area contributed by atoms with Crippen LogP contribution < -0.4 is 4.74 Å². The molecule has 32 heavy (non-hydrogen) atoms. The SMILES string of the molecule is COc1cccc(-c2cncc(-c3cn(CCN4CCCCC4)c4cc(Cl)ccc34)c2)c1. The third kappa shape index (κ3) is 4.38. The van der Waals surface area contributed by atoms with Gasteiger partial charge in [-0.1, -0.05) is 36.2 Å². The minimum atomic E-state index is 0.768. The van der Waals surface area contributed by atoms with E-state index in [0.717, 1.165) is 40.6 Å². The number of hydrogen-bond donors (Lipinski definition) is 0. The number of pyridine rings is 1. The van der Waals surface area contributed by atoms with Crippen LogP contribution in [0.3, 0.4) is 0 Å². The van der Waals surface area contributed by atoms with Crippen LogP contribution in [-0.4, -0.2) is 41.2 Å². The number of ether oxygens (including phenoxy) is 1. The highest BCUT2D eigenvalue weighted by Gasteiger charge is 2.15. The van der Waals surface area contributed by atoms with Crippen LogP contribution in [0.1, 0.15) is 19.3 Å². The molecule has 1 fully saturated rings. The van der Waals surface area contributed by atoms with Crippen LogP contribution in [0.4, 0.5) is 0 Å². The van der Waals surface area contributed by atoms with Crippen LogP contribution in [0.2, 0.25) is 5.02 Å². The van der Waals surface area contributed by atoms with Crippen molar-refractivity contribution in [2.24, 2.45) is 0 Å². The molecule has 0 radical (unpaired) electrons. The van der Waals surface area contributed by atoms with Crippen LogP contribution >= 0.6 is 11.6 Å². The van der Waals surface area contributed by atoms with E-state index in [9.17, 15) is 0 Å². The largest absolute Gasteiger partial charge is 0.497 e. The van der Waals surface area contributed by atoms with Gasteiger partial charge in [0.25, 0.3) is 0 Å². The van der Waals surface area contributed by atoms with Gasteiger partial charge in [0.05, 0.1) is 12.6 Å². The summed E-state index contributed by atoms with van der Waals surface area (Å²) in [7, 11) is 1.69. The molecule has 0 aliphatic carbocycles. The maximum atomic E-state index is 6.38. The zero-order chi connectivity index (χ0) is 21.9. The Morgan fingerprint density at radius 1 is 0.906 bits per heavy atom. The molecule has 1 aliphatic rings. The summed E-state index contributed by atoms with van der Waals surface area (Å²) < 4.78 is 7.75. The maximum Gasteiger partial charge on any atom is 0.119 e. The lowest BCUT2D eigenvalue weighted by atomic mass is 10.0. The molecule has 164 valence electrons. The summed E-state index contributed by atoms with van der Waals surface area (Å²) in [6.45, 7) is 4.44. The van der Waals surface area contributed by atoms with E-state index in [2.05, 4.69) is 44.9 Å². The summed E-state index contributed by atoms with van der Waals surface area (Å²) in [5.41, 5.74) is 5.64. The molecule has 0 spiro atoms. The summed E-state index contributed by atoms with van der Waals surface area (Å²) in [4.78, 5) is 7.14. The number of methoxy groups -OCH3 is 1. The fourth-order valence-electron chi connectivity index (χ4n) is 4.66. The second-order valence-electron chi connectivity index (χ2n) is 8.49. The van der Waals surface area contributed by atoms with Crippen molar-refractivity contribution in [3.8, 4) is 28.0 Å². The Morgan fingerprint density at radius 3 is 2.59 bits per heavy atom. The average Bonchev–Trinajstić information content (AvgIpc) is 3.21. The van der Waals surface area contributed by atoms with Gasteiger partial charge in [-0.05, 0) is 61.8 Å². The molecule has 0 unspecified atom stereocenters. The highest BCUT2D eigenvalue weighted by Crippen LogP contribution is 2.34. The average molecular weight is 446 g/mol. The Labute approximate surface area is 194 Å². The zero-order valence-electron chi connectivity index (χ0n) is 18.4. The molecular weight excluding hydrogens is 418 g/mol. The van der Waals surface area contributed by atoms with Crippen molar-refractivity contribution < 1.29 is 4.74 Å². The molecule has 2 aromatic heterocycles. The summed E-state index contributed by atoms with van der Waals surface area (Å²) in [6.07, 6.45) is 10.1. The van der Waals surface area contributed by atoms with E-state index in [4.69, 9.17) is 16.3 Å². The minimum Gasteiger partial charge on any atom is -0.497 e. The molecule has 4 aromatic rings. The highest BCUT2D eigenvalue weighted by molar-refractivity contribution is 6.31. The number of hydrogen-bond acceptors (Lipinski definition) is 3. The van der Waals surface area contributed by atoms with E-state index < -0.39 is 0 Å². The lowest BCUT2D eigenvalue weighted by Crippen LogP contribution is -2.32. The van der Waals surface area contributed by atoms with Gasteiger partial charge in [0.1, 0.15) is 5.75 Å². The van der Waals surface area contributed by atoms with Crippen molar-refractivity contribution >= 4 is 22.5 Å². The Kier molecular flexibility index (Phi) is 6.15. The third-order valence-electron chi connectivity index (χ3n) is 6.40. The van der Waals surface area contributed by atoms with E-state index in [1.165, 1.54) is 48.8 Å². The molecule has 5 heteroatoms. The first-order valence-corrected chi connectivity index (χ1v) is 11.7. The Bertz CT molecular complexity index is 1230. The van der Waals surface area contributed by atoms with Crippen LogP contribution in [0, 0.1) is 0 Å². The fourth-order valence-corrected chi connectivity index (χ4v) is 4.83. The highest BCUT2D eigenvalue weighted by atomic mass is 35.5. The van der Waals surface area contributed by atoms with Crippen molar-refractivity contribution in [1.82, 2.24) is 14.5 Å². The van der Waals surface area contributed by atoms with Gasteiger partial charge in [-0.25, -0.2) is 0 Å². The third-order valence-corrected chi connectivity index (χ3v) is 6.64. The van der Waals surface area contributed by atoms with Crippen molar-refractivity contribution in [3.05, 3.63) is 72.1 Å². The molecule has 0 bridgehead atoms. The first-order chi connectivity index (χ1) is 15.7. The molecule has 3 heterocycles. The summed E-state index contributed by atoms with van der Waals surface area (Å²) in [5.74, 6) is 0.844. The molecule has 0 amide bonds. The number of rotatable bonds is 6. The number of piperidine rings is 1. The second kappa shape index (κ2) is 9.35. The predicted octanol–water partition coefficient (Wildman–Crippen LogP) is 6.52. The Balaban J connectivity index is 1.51.